The summed E-state index contributed by atoms with van der Waals surface area (Å²) in [6.45, 7) is 5.15. The van der Waals surface area contributed by atoms with Gasteiger partial charge in [-0.05, 0) is 48.2 Å². The van der Waals surface area contributed by atoms with E-state index in [4.69, 9.17) is 14.2 Å². The predicted molar refractivity (Wildman–Crippen MR) is 97.6 cm³/mol. The Labute approximate surface area is 148 Å². The van der Waals surface area contributed by atoms with E-state index in [0.29, 0.717) is 18.8 Å². The highest BCUT2D eigenvalue weighted by atomic mass is 16.6. The number of hydrogen-bond acceptors (Lipinski definition) is 4. The first kappa shape index (κ1) is 17.6. The first-order valence-corrected chi connectivity index (χ1v) is 8.39. The van der Waals surface area contributed by atoms with Gasteiger partial charge in [0.25, 0.3) is 0 Å². The fraction of sp³-hybridized carbons (Fsp3) is 0.381. The summed E-state index contributed by atoms with van der Waals surface area (Å²) >= 11 is 0. The van der Waals surface area contributed by atoms with Gasteiger partial charge in [-0.3, -0.25) is 4.79 Å². The fourth-order valence-corrected chi connectivity index (χ4v) is 3.83. The Morgan fingerprint density at radius 2 is 1.88 bits per heavy atom. The van der Waals surface area contributed by atoms with Gasteiger partial charge in [0.1, 0.15) is 12.0 Å². The van der Waals surface area contributed by atoms with Gasteiger partial charge in [0, 0.05) is 31.8 Å². The van der Waals surface area contributed by atoms with E-state index in [9.17, 15) is 4.79 Å². The molecule has 0 N–H and O–H groups in total. The van der Waals surface area contributed by atoms with Crippen LogP contribution in [-0.4, -0.2) is 39.3 Å². The SMILES string of the molecule is COCC1(COC)Cc2c(cc(C)c(-c3cccc(C=O)c3)c2C)O1. The van der Waals surface area contributed by atoms with Crippen LogP contribution >= 0.6 is 0 Å². The number of aldehydes is 1. The molecule has 4 heteroatoms. The minimum atomic E-state index is -0.480. The van der Waals surface area contributed by atoms with Gasteiger partial charge in [-0.2, -0.15) is 0 Å². The molecule has 1 aliphatic heterocycles. The molecule has 0 spiro atoms. The Morgan fingerprint density at radius 3 is 2.52 bits per heavy atom. The molecule has 25 heavy (non-hydrogen) atoms. The van der Waals surface area contributed by atoms with Gasteiger partial charge in [-0.15, -0.1) is 0 Å². The van der Waals surface area contributed by atoms with Crippen molar-refractivity contribution >= 4 is 6.29 Å². The van der Waals surface area contributed by atoms with Crippen LogP contribution in [0.4, 0.5) is 0 Å². The first-order valence-electron chi connectivity index (χ1n) is 8.39. The Kier molecular flexibility index (Phi) is 4.93. The molecule has 0 unspecified atom stereocenters. The average Bonchev–Trinajstić information content (AvgIpc) is 2.94. The topological polar surface area (TPSA) is 44.8 Å². The lowest BCUT2D eigenvalue weighted by atomic mass is 9.88. The summed E-state index contributed by atoms with van der Waals surface area (Å²) in [7, 11) is 3.36. The number of ether oxygens (including phenoxy) is 3. The maximum Gasteiger partial charge on any atom is 0.159 e. The Morgan fingerprint density at radius 1 is 1.16 bits per heavy atom. The maximum atomic E-state index is 11.1. The monoisotopic (exact) mass is 340 g/mol. The standard InChI is InChI=1S/C21H24O4/c1-14-8-19-18(10-21(25-19,12-23-3)13-24-4)15(2)20(14)17-7-5-6-16(9-17)11-22/h5-9,11H,10,12-13H2,1-4H3. The van der Waals surface area contributed by atoms with Gasteiger partial charge < -0.3 is 14.2 Å². The van der Waals surface area contributed by atoms with Crippen molar-refractivity contribution < 1.29 is 19.0 Å². The van der Waals surface area contributed by atoms with Crippen LogP contribution in [0.2, 0.25) is 0 Å². The number of methoxy groups -OCH3 is 2. The summed E-state index contributed by atoms with van der Waals surface area (Å²) < 4.78 is 17.0. The lowest BCUT2D eigenvalue weighted by Crippen LogP contribution is -2.44. The molecule has 1 aliphatic rings. The normalized spacial score (nSPS) is 14.9. The fourth-order valence-electron chi connectivity index (χ4n) is 3.83. The van der Waals surface area contributed by atoms with Gasteiger partial charge >= 0.3 is 0 Å². The maximum absolute atomic E-state index is 11.1. The summed E-state index contributed by atoms with van der Waals surface area (Å²) in [6, 6.07) is 9.80. The van der Waals surface area contributed by atoms with Crippen molar-refractivity contribution in [2.75, 3.05) is 27.4 Å². The molecule has 0 saturated heterocycles. The zero-order chi connectivity index (χ0) is 18.0. The van der Waals surface area contributed by atoms with Crippen molar-refractivity contribution in [3.8, 4) is 16.9 Å². The Balaban J connectivity index is 2.08. The predicted octanol–water partition coefficient (Wildman–Crippen LogP) is 3.75. The van der Waals surface area contributed by atoms with Crippen LogP contribution in [0, 0.1) is 13.8 Å². The van der Waals surface area contributed by atoms with Crippen LogP contribution in [0.3, 0.4) is 0 Å². The molecular formula is C21H24O4. The summed E-state index contributed by atoms with van der Waals surface area (Å²) in [5.74, 6) is 0.902. The highest BCUT2D eigenvalue weighted by molar-refractivity contribution is 5.81. The van der Waals surface area contributed by atoms with Crippen molar-refractivity contribution in [2.45, 2.75) is 25.9 Å². The van der Waals surface area contributed by atoms with E-state index in [1.54, 1.807) is 14.2 Å². The van der Waals surface area contributed by atoms with E-state index >= 15 is 0 Å². The van der Waals surface area contributed by atoms with Crippen LogP contribution < -0.4 is 4.74 Å². The van der Waals surface area contributed by atoms with E-state index in [2.05, 4.69) is 19.9 Å². The highest BCUT2D eigenvalue weighted by Crippen LogP contribution is 2.43. The number of aryl methyl sites for hydroxylation is 1. The molecule has 0 atom stereocenters. The third-order valence-electron chi connectivity index (χ3n) is 4.82. The Hall–Kier alpha value is -2.17. The number of fused-ring (bicyclic) bond motifs is 1. The zero-order valence-corrected chi connectivity index (χ0v) is 15.2. The van der Waals surface area contributed by atoms with Crippen LogP contribution in [0.25, 0.3) is 11.1 Å². The second kappa shape index (κ2) is 6.98. The van der Waals surface area contributed by atoms with E-state index < -0.39 is 5.60 Å². The van der Waals surface area contributed by atoms with E-state index in [1.165, 1.54) is 11.1 Å². The molecule has 0 radical (unpaired) electrons. The van der Waals surface area contributed by atoms with Crippen LogP contribution in [0.5, 0.6) is 5.75 Å². The number of hydrogen-bond donors (Lipinski definition) is 0. The summed E-state index contributed by atoms with van der Waals surface area (Å²) in [5.41, 5.74) is 5.92. The van der Waals surface area contributed by atoms with Gasteiger partial charge in [-0.1, -0.05) is 18.2 Å². The van der Waals surface area contributed by atoms with Gasteiger partial charge in [0.05, 0.1) is 13.2 Å². The quantitative estimate of drug-likeness (QED) is 0.751. The van der Waals surface area contributed by atoms with E-state index in [1.807, 2.05) is 24.3 Å². The summed E-state index contributed by atoms with van der Waals surface area (Å²) in [6.07, 6.45) is 1.63. The van der Waals surface area contributed by atoms with E-state index in [0.717, 1.165) is 35.1 Å². The number of carbonyl (C=O) groups is 1. The van der Waals surface area contributed by atoms with Gasteiger partial charge in [0.2, 0.25) is 0 Å². The van der Waals surface area contributed by atoms with Crippen LogP contribution in [0.1, 0.15) is 27.0 Å². The first-order chi connectivity index (χ1) is 12.0. The molecule has 0 saturated carbocycles. The largest absolute Gasteiger partial charge is 0.482 e. The van der Waals surface area contributed by atoms with Gasteiger partial charge in [-0.25, -0.2) is 0 Å². The van der Waals surface area contributed by atoms with Crippen molar-refractivity contribution in [3.05, 3.63) is 52.6 Å². The molecule has 2 aromatic rings. The lowest BCUT2D eigenvalue weighted by Gasteiger charge is -2.27. The zero-order valence-electron chi connectivity index (χ0n) is 15.2. The summed E-state index contributed by atoms with van der Waals surface area (Å²) in [4.78, 5) is 11.1. The van der Waals surface area contributed by atoms with Crippen LogP contribution in [0.15, 0.2) is 30.3 Å². The molecule has 4 nitrogen and oxygen atoms in total. The minimum absolute atomic E-state index is 0.476. The molecule has 1 heterocycles. The molecule has 132 valence electrons. The molecular weight excluding hydrogens is 316 g/mol. The molecule has 0 aromatic heterocycles. The number of carbonyl (C=O) groups excluding carboxylic acids is 1. The third-order valence-corrected chi connectivity index (χ3v) is 4.82. The van der Waals surface area contributed by atoms with Crippen molar-refractivity contribution in [1.82, 2.24) is 0 Å². The van der Waals surface area contributed by atoms with Crippen molar-refractivity contribution in [3.63, 3.8) is 0 Å². The molecule has 2 aromatic carbocycles. The summed E-state index contributed by atoms with van der Waals surface area (Å²) in [5, 5.41) is 0. The smallest absolute Gasteiger partial charge is 0.159 e. The number of benzene rings is 2. The second-order valence-corrected chi connectivity index (χ2v) is 6.74. The van der Waals surface area contributed by atoms with Crippen molar-refractivity contribution in [1.29, 1.82) is 0 Å². The molecule has 3 rings (SSSR count). The van der Waals surface area contributed by atoms with Gasteiger partial charge in [0.15, 0.2) is 5.60 Å². The highest BCUT2D eigenvalue weighted by Gasteiger charge is 2.41. The lowest BCUT2D eigenvalue weighted by molar-refractivity contribution is -0.0450. The second-order valence-electron chi connectivity index (χ2n) is 6.74. The average molecular weight is 340 g/mol. The third kappa shape index (κ3) is 3.20. The number of rotatable bonds is 6. The molecule has 0 amide bonds. The Bertz CT molecular complexity index is 789. The molecule has 0 fully saturated rings. The van der Waals surface area contributed by atoms with Crippen LogP contribution in [-0.2, 0) is 15.9 Å². The van der Waals surface area contributed by atoms with Crippen molar-refractivity contribution in [2.24, 2.45) is 0 Å². The molecule has 0 aliphatic carbocycles. The minimum Gasteiger partial charge on any atom is -0.482 e. The van der Waals surface area contributed by atoms with E-state index in [-0.39, 0.29) is 0 Å². The molecule has 0 bridgehead atoms.